The van der Waals surface area contributed by atoms with Gasteiger partial charge in [-0.1, -0.05) is 31.5 Å². The van der Waals surface area contributed by atoms with Gasteiger partial charge >= 0.3 is 5.63 Å². The Bertz CT molecular complexity index is 1040. The number of benzene rings is 2. The maximum Gasteiger partial charge on any atom is 0.346 e. The summed E-state index contributed by atoms with van der Waals surface area (Å²) in [6.45, 7) is 4.61. The summed E-state index contributed by atoms with van der Waals surface area (Å²) in [5.74, 6) is -0.842. The number of hydrogen-bond donors (Lipinski definition) is 0. The molecule has 154 valence electrons. The van der Waals surface area contributed by atoms with Crippen LogP contribution in [0.15, 0.2) is 45.6 Å². The van der Waals surface area contributed by atoms with Gasteiger partial charge in [-0.3, -0.25) is 0 Å². The number of rotatable bonds is 9. The molecular weight excluding hydrogens is 378 g/mol. The molecule has 0 N–H and O–H groups in total. The Labute approximate surface area is 168 Å². The number of fused-ring (bicyclic) bond motifs is 1. The van der Waals surface area contributed by atoms with E-state index in [1.807, 2.05) is 13.8 Å². The van der Waals surface area contributed by atoms with Gasteiger partial charge in [0.2, 0.25) is 0 Å². The summed E-state index contributed by atoms with van der Waals surface area (Å²) in [5.41, 5.74) is 0.260. The normalized spacial score (nSPS) is 11.2. The third-order valence-corrected chi connectivity index (χ3v) is 4.63. The third-order valence-electron chi connectivity index (χ3n) is 4.63. The van der Waals surface area contributed by atoms with Crippen LogP contribution in [0.2, 0.25) is 0 Å². The van der Waals surface area contributed by atoms with Crippen LogP contribution >= 0.6 is 0 Å². The molecule has 0 unspecified atom stereocenters. The van der Waals surface area contributed by atoms with Crippen LogP contribution in [0.1, 0.15) is 43.6 Å². The monoisotopic (exact) mass is 402 g/mol. The quantitative estimate of drug-likeness (QED) is 0.472. The van der Waals surface area contributed by atoms with Crippen molar-refractivity contribution in [2.75, 3.05) is 6.61 Å². The molecule has 0 aliphatic carbocycles. The van der Waals surface area contributed by atoms with Crippen LogP contribution in [0.4, 0.5) is 8.78 Å². The van der Waals surface area contributed by atoms with E-state index in [1.54, 1.807) is 24.3 Å². The Morgan fingerprint density at radius 2 is 1.86 bits per heavy atom. The first-order valence-electron chi connectivity index (χ1n) is 9.76. The van der Waals surface area contributed by atoms with Gasteiger partial charge in [0.1, 0.15) is 23.6 Å². The average Bonchev–Trinajstić information content (AvgIpc) is 2.71. The van der Waals surface area contributed by atoms with Crippen LogP contribution < -0.4 is 10.4 Å². The van der Waals surface area contributed by atoms with Crippen LogP contribution in [-0.4, -0.2) is 6.61 Å². The highest BCUT2D eigenvalue weighted by Gasteiger charge is 2.15. The average molecular weight is 402 g/mol. The standard InChI is InChI=1S/C23H24F2O4/c1-3-5-6-18-12-16-9-10-20(22(25)21(16)23(26)29-18)28-14-17-8-7-15(11-19(17)24)13-27-4-2/h7-12H,3-6,13-14H2,1-2H3. The molecule has 0 saturated carbocycles. The molecule has 2 aromatic carbocycles. The molecule has 1 heterocycles. The zero-order chi connectivity index (χ0) is 20.8. The second kappa shape index (κ2) is 9.65. The zero-order valence-corrected chi connectivity index (χ0v) is 16.6. The van der Waals surface area contributed by atoms with Crippen molar-refractivity contribution in [3.8, 4) is 5.75 Å². The van der Waals surface area contributed by atoms with Gasteiger partial charge in [-0.15, -0.1) is 0 Å². The summed E-state index contributed by atoms with van der Waals surface area (Å²) in [4.78, 5) is 12.3. The molecule has 4 nitrogen and oxygen atoms in total. The molecule has 0 fully saturated rings. The van der Waals surface area contributed by atoms with Crippen LogP contribution in [0.25, 0.3) is 10.8 Å². The number of unbranched alkanes of at least 4 members (excludes halogenated alkanes) is 1. The van der Waals surface area contributed by atoms with Gasteiger partial charge in [-0.25, -0.2) is 13.6 Å². The van der Waals surface area contributed by atoms with Crippen molar-refractivity contribution >= 4 is 10.8 Å². The minimum absolute atomic E-state index is 0.121. The van der Waals surface area contributed by atoms with Gasteiger partial charge in [0, 0.05) is 18.6 Å². The van der Waals surface area contributed by atoms with E-state index in [1.165, 1.54) is 12.1 Å². The Hall–Kier alpha value is -2.73. The molecule has 6 heteroatoms. The van der Waals surface area contributed by atoms with E-state index in [2.05, 4.69) is 0 Å². The number of aryl methyl sites for hydroxylation is 1. The molecule has 0 atom stereocenters. The summed E-state index contributed by atoms with van der Waals surface area (Å²) >= 11 is 0. The molecule has 0 saturated heterocycles. The fourth-order valence-electron chi connectivity index (χ4n) is 3.03. The number of ether oxygens (including phenoxy) is 2. The molecule has 0 aliphatic heterocycles. The van der Waals surface area contributed by atoms with Crippen LogP contribution in [-0.2, 0) is 24.4 Å². The maximum atomic E-state index is 14.8. The van der Waals surface area contributed by atoms with E-state index in [9.17, 15) is 13.6 Å². The highest BCUT2D eigenvalue weighted by atomic mass is 19.1. The van der Waals surface area contributed by atoms with E-state index in [4.69, 9.17) is 13.9 Å². The lowest BCUT2D eigenvalue weighted by Gasteiger charge is -2.11. The molecule has 0 amide bonds. The summed E-state index contributed by atoms with van der Waals surface area (Å²) in [7, 11) is 0. The fourth-order valence-corrected chi connectivity index (χ4v) is 3.03. The minimum Gasteiger partial charge on any atom is -0.486 e. The lowest BCUT2D eigenvalue weighted by molar-refractivity contribution is 0.134. The largest absolute Gasteiger partial charge is 0.486 e. The van der Waals surface area contributed by atoms with Gasteiger partial charge in [-0.05, 0) is 42.5 Å². The van der Waals surface area contributed by atoms with Crippen molar-refractivity contribution in [1.29, 1.82) is 0 Å². The first-order valence-corrected chi connectivity index (χ1v) is 9.76. The van der Waals surface area contributed by atoms with Gasteiger partial charge < -0.3 is 13.9 Å². The van der Waals surface area contributed by atoms with Gasteiger partial charge in [0.05, 0.1) is 6.61 Å². The van der Waals surface area contributed by atoms with E-state index in [0.29, 0.717) is 36.3 Å². The Kier molecular flexibility index (Phi) is 6.99. The van der Waals surface area contributed by atoms with E-state index in [-0.39, 0.29) is 23.3 Å². The lowest BCUT2D eigenvalue weighted by Crippen LogP contribution is -2.07. The van der Waals surface area contributed by atoms with Crippen molar-refractivity contribution in [3.05, 3.63) is 75.3 Å². The van der Waals surface area contributed by atoms with Gasteiger partial charge in [0.15, 0.2) is 11.6 Å². The highest BCUT2D eigenvalue weighted by Crippen LogP contribution is 2.26. The summed E-state index contributed by atoms with van der Waals surface area (Å²) in [6.07, 6.45) is 2.47. The molecule has 0 aliphatic rings. The maximum absolute atomic E-state index is 14.8. The molecule has 0 radical (unpaired) electrons. The molecule has 0 spiro atoms. The Morgan fingerprint density at radius 3 is 2.59 bits per heavy atom. The van der Waals surface area contributed by atoms with Crippen molar-refractivity contribution < 1.29 is 22.7 Å². The third kappa shape index (κ3) is 5.01. The van der Waals surface area contributed by atoms with Crippen LogP contribution in [0.3, 0.4) is 0 Å². The van der Waals surface area contributed by atoms with Crippen LogP contribution in [0, 0.1) is 11.6 Å². The predicted molar refractivity (Wildman–Crippen MR) is 107 cm³/mol. The topological polar surface area (TPSA) is 48.7 Å². The second-order valence-electron chi connectivity index (χ2n) is 6.80. The summed E-state index contributed by atoms with van der Waals surface area (Å²) in [6, 6.07) is 9.43. The number of halogens is 2. The SMILES string of the molecule is CCCCc1cc2ccc(OCc3ccc(COCC)cc3F)c(F)c2c(=O)o1. The molecule has 1 aromatic heterocycles. The number of hydrogen-bond acceptors (Lipinski definition) is 4. The minimum atomic E-state index is -0.799. The Morgan fingerprint density at radius 1 is 1.03 bits per heavy atom. The second-order valence-corrected chi connectivity index (χ2v) is 6.80. The first kappa shape index (κ1) is 21.0. The summed E-state index contributed by atoms with van der Waals surface area (Å²) < 4.78 is 45.0. The molecule has 3 rings (SSSR count). The van der Waals surface area contributed by atoms with Crippen molar-refractivity contribution in [2.24, 2.45) is 0 Å². The zero-order valence-electron chi connectivity index (χ0n) is 16.6. The smallest absolute Gasteiger partial charge is 0.346 e. The molecule has 29 heavy (non-hydrogen) atoms. The highest BCUT2D eigenvalue weighted by molar-refractivity contribution is 5.83. The van der Waals surface area contributed by atoms with Crippen LogP contribution in [0.5, 0.6) is 5.75 Å². The van der Waals surface area contributed by atoms with E-state index < -0.39 is 17.3 Å². The molecule has 3 aromatic rings. The van der Waals surface area contributed by atoms with Gasteiger partial charge in [0.25, 0.3) is 0 Å². The van der Waals surface area contributed by atoms with Crippen molar-refractivity contribution in [3.63, 3.8) is 0 Å². The van der Waals surface area contributed by atoms with Crippen molar-refractivity contribution in [1.82, 2.24) is 0 Å². The fraction of sp³-hybridized carbons (Fsp3) is 0.348. The lowest BCUT2D eigenvalue weighted by atomic mass is 10.1. The first-order chi connectivity index (χ1) is 14.0. The van der Waals surface area contributed by atoms with E-state index >= 15 is 0 Å². The van der Waals surface area contributed by atoms with Gasteiger partial charge in [-0.2, -0.15) is 0 Å². The molecular formula is C23H24F2O4. The van der Waals surface area contributed by atoms with Crippen molar-refractivity contribution in [2.45, 2.75) is 46.3 Å². The molecule has 0 bridgehead atoms. The van der Waals surface area contributed by atoms with E-state index in [0.717, 1.165) is 12.8 Å². The predicted octanol–water partition coefficient (Wildman–Crippen LogP) is 5.53. The summed E-state index contributed by atoms with van der Waals surface area (Å²) in [5, 5.41) is 0.305. The Balaban J connectivity index is 1.79.